The summed E-state index contributed by atoms with van der Waals surface area (Å²) in [5, 5.41) is 0. The summed E-state index contributed by atoms with van der Waals surface area (Å²) in [7, 11) is 0. The van der Waals surface area contributed by atoms with E-state index in [-0.39, 0.29) is 0 Å². The van der Waals surface area contributed by atoms with Gasteiger partial charge in [0.05, 0.1) is 0 Å². The van der Waals surface area contributed by atoms with Crippen molar-refractivity contribution in [1.82, 2.24) is 4.90 Å². The van der Waals surface area contributed by atoms with E-state index in [2.05, 4.69) is 42.2 Å². The minimum absolute atomic E-state index is 0.347. The fraction of sp³-hybridized carbons (Fsp3) is 0.667. The zero-order valence-corrected chi connectivity index (χ0v) is 12.3. The average Bonchev–Trinajstić information content (AvgIpc) is 2.49. The second-order valence-corrected chi connectivity index (χ2v) is 6.50. The molecule has 0 radical (unpaired) electrons. The van der Waals surface area contributed by atoms with Crippen molar-refractivity contribution in [2.24, 2.45) is 0 Å². The van der Waals surface area contributed by atoms with Crippen LogP contribution < -0.4 is 0 Å². The molecule has 1 atom stereocenters. The summed E-state index contributed by atoms with van der Waals surface area (Å²) in [6.07, 6.45) is 11.1. The smallest absolute Gasteiger partial charge is 0.0463 e. The van der Waals surface area contributed by atoms with E-state index >= 15 is 0 Å². The van der Waals surface area contributed by atoms with Gasteiger partial charge < -0.3 is 0 Å². The van der Waals surface area contributed by atoms with Crippen LogP contribution in [-0.2, 0) is 5.54 Å². The van der Waals surface area contributed by atoms with E-state index in [0.717, 1.165) is 6.04 Å². The van der Waals surface area contributed by atoms with Crippen molar-refractivity contribution in [1.29, 1.82) is 0 Å². The van der Waals surface area contributed by atoms with Gasteiger partial charge in [-0.1, -0.05) is 56.0 Å². The van der Waals surface area contributed by atoms with Gasteiger partial charge >= 0.3 is 0 Å². The summed E-state index contributed by atoms with van der Waals surface area (Å²) >= 11 is 0. The molecule has 1 aromatic carbocycles. The molecule has 1 aliphatic heterocycles. The molecule has 19 heavy (non-hydrogen) atoms. The van der Waals surface area contributed by atoms with Gasteiger partial charge in [-0.3, -0.25) is 4.90 Å². The van der Waals surface area contributed by atoms with Crippen molar-refractivity contribution in [2.45, 2.75) is 69.9 Å². The second kappa shape index (κ2) is 5.66. The molecule has 1 unspecified atom stereocenters. The first-order valence-electron chi connectivity index (χ1n) is 8.15. The maximum absolute atomic E-state index is 2.85. The average molecular weight is 257 g/mol. The minimum Gasteiger partial charge on any atom is -0.291 e. The molecular formula is C18H27N. The number of benzene rings is 1. The Bertz CT molecular complexity index is 391. The molecule has 3 rings (SSSR count). The van der Waals surface area contributed by atoms with Crippen LogP contribution in [0.5, 0.6) is 0 Å². The molecule has 0 amide bonds. The van der Waals surface area contributed by atoms with Crippen LogP contribution in [0, 0.1) is 0 Å². The molecule has 1 heterocycles. The number of likely N-dealkylation sites (tertiary alicyclic amines) is 1. The Labute approximate surface area is 118 Å². The number of hydrogen-bond acceptors (Lipinski definition) is 1. The first-order valence-corrected chi connectivity index (χ1v) is 8.15. The Morgan fingerprint density at radius 3 is 2.37 bits per heavy atom. The highest BCUT2D eigenvalue weighted by molar-refractivity contribution is 5.26. The first-order chi connectivity index (χ1) is 9.33. The van der Waals surface area contributed by atoms with Crippen LogP contribution >= 0.6 is 0 Å². The van der Waals surface area contributed by atoms with Gasteiger partial charge in [0, 0.05) is 11.6 Å². The van der Waals surface area contributed by atoms with Gasteiger partial charge in [-0.05, 0) is 44.7 Å². The Morgan fingerprint density at radius 2 is 1.68 bits per heavy atom. The number of rotatable bonds is 2. The van der Waals surface area contributed by atoms with Crippen LogP contribution in [-0.4, -0.2) is 17.5 Å². The molecule has 0 bridgehead atoms. The third-order valence-corrected chi connectivity index (χ3v) is 5.34. The van der Waals surface area contributed by atoms with E-state index in [1.807, 2.05) is 0 Å². The molecule has 1 aliphatic carbocycles. The quantitative estimate of drug-likeness (QED) is 0.741. The lowest BCUT2D eigenvalue weighted by molar-refractivity contribution is -0.00584. The molecule has 1 saturated heterocycles. The minimum atomic E-state index is 0.347. The standard InChI is InChI=1S/C18H27N/c1-16-10-6-9-15-19(16)18(13-7-3-8-14-18)17-11-4-2-5-12-17/h2,4-5,11-12,16H,3,6-10,13-15H2,1H3. The Hall–Kier alpha value is -0.820. The van der Waals surface area contributed by atoms with Crippen LogP contribution in [0.1, 0.15) is 63.9 Å². The Kier molecular flexibility index (Phi) is 3.93. The summed E-state index contributed by atoms with van der Waals surface area (Å²) in [6, 6.07) is 12.1. The third-order valence-electron chi connectivity index (χ3n) is 5.34. The fourth-order valence-corrected chi connectivity index (χ4v) is 4.36. The second-order valence-electron chi connectivity index (χ2n) is 6.50. The monoisotopic (exact) mass is 257 g/mol. The van der Waals surface area contributed by atoms with Crippen LogP contribution in [0.25, 0.3) is 0 Å². The van der Waals surface area contributed by atoms with Gasteiger partial charge in [0.1, 0.15) is 0 Å². The van der Waals surface area contributed by atoms with Gasteiger partial charge in [-0.2, -0.15) is 0 Å². The Balaban J connectivity index is 1.96. The molecule has 2 aliphatic rings. The predicted octanol–water partition coefficient (Wildman–Crippen LogP) is 4.72. The van der Waals surface area contributed by atoms with Crippen LogP contribution in [0.3, 0.4) is 0 Å². The zero-order chi connectivity index (χ0) is 13.1. The van der Waals surface area contributed by atoms with Crippen LogP contribution in [0.4, 0.5) is 0 Å². The van der Waals surface area contributed by atoms with Gasteiger partial charge in [0.25, 0.3) is 0 Å². The first kappa shape index (κ1) is 13.2. The zero-order valence-electron chi connectivity index (χ0n) is 12.3. The maximum Gasteiger partial charge on any atom is 0.0463 e. The lowest BCUT2D eigenvalue weighted by Crippen LogP contribution is -2.53. The van der Waals surface area contributed by atoms with E-state index in [1.165, 1.54) is 57.9 Å². The highest BCUT2D eigenvalue weighted by Crippen LogP contribution is 2.44. The van der Waals surface area contributed by atoms with Gasteiger partial charge in [0.15, 0.2) is 0 Å². The van der Waals surface area contributed by atoms with Gasteiger partial charge in [-0.25, -0.2) is 0 Å². The van der Waals surface area contributed by atoms with Gasteiger partial charge in [-0.15, -0.1) is 0 Å². The summed E-state index contributed by atoms with van der Waals surface area (Å²) < 4.78 is 0. The lowest BCUT2D eigenvalue weighted by atomic mass is 9.73. The molecule has 2 fully saturated rings. The highest BCUT2D eigenvalue weighted by Gasteiger charge is 2.41. The topological polar surface area (TPSA) is 3.24 Å². The van der Waals surface area contributed by atoms with Crippen molar-refractivity contribution in [3.8, 4) is 0 Å². The van der Waals surface area contributed by atoms with E-state index in [0.29, 0.717) is 5.54 Å². The van der Waals surface area contributed by atoms with Crippen LogP contribution in [0.2, 0.25) is 0 Å². The van der Waals surface area contributed by atoms with E-state index in [1.54, 1.807) is 5.56 Å². The number of nitrogens with zero attached hydrogens (tertiary/aromatic N) is 1. The SMILES string of the molecule is CC1CCCCN1C1(c2ccccc2)CCCCC1. The summed E-state index contributed by atoms with van der Waals surface area (Å²) in [6.45, 7) is 3.74. The predicted molar refractivity (Wildman–Crippen MR) is 81.2 cm³/mol. The fourth-order valence-electron chi connectivity index (χ4n) is 4.36. The Morgan fingerprint density at radius 1 is 0.947 bits per heavy atom. The molecule has 0 spiro atoms. The molecule has 0 N–H and O–H groups in total. The third kappa shape index (κ3) is 2.45. The molecule has 1 aromatic rings. The molecule has 104 valence electrons. The van der Waals surface area contributed by atoms with Crippen molar-refractivity contribution in [2.75, 3.05) is 6.54 Å². The van der Waals surface area contributed by atoms with Crippen molar-refractivity contribution in [3.63, 3.8) is 0 Å². The van der Waals surface area contributed by atoms with Crippen molar-refractivity contribution >= 4 is 0 Å². The lowest BCUT2D eigenvalue weighted by Gasteiger charge is -2.51. The summed E-state index contributed by atoms with van der Waals surface area (Å²) in [4.78, 5) is 2.85. The maximum atomic E-state index is 2.85. The van der Waals surface area contributed by atoms with Gasteiger partial charge in [0.2, 0.25) is 0 Å². The molecule has 1 saturated carbocycles. The summed E-state index contributed by atoms with van der Waals surface area (Å²) in [5.74, 6) is 0. The molecule has 0 aromatic heterocycles. The highest BCUT2D eigenvalue weighted by atomic mass is 15.2. The number of hydrogen-bond donors (Lipinski definition) is 0. The van der Waals surface area contributed by atoms with Crippen molar-refractivity contribution in [3.05, 3.63) is 35.9 Å². The summed E-state index contributed by atoms with van der Waals surface area (Å²) in [5.41, 5.74) is 1.92. The molecular weight excluding hydrogens is 230 g/mol. The van der Waals surface area contributed by atoms with E-state index in [9.17, 15) is 0 Å². The van der Waals surface area contributed by atoms with E-state index in [4.69, 9.17) is 0 Å². The normalized spacial score (nSPS) is 28.2. The van der Waals surface area contributed by atoms with Crippen LogP contribution in [0.15, 0.2) is 30.3 Å². The number of piperidine rings is 1. The van der Waals surface area contributed by atoms with E-state index < -0.39 is 0 Å². The van der Waals surface area contributed by atoms with Crippen molar-refractivity contribution < 1.29 is 0 Å². The molecule has 1 heteroatoms. The largest absolute Gasteiger partial charge is 0.291 e. The molecule has 1 nitrogen and oxygen atoms in total.